The zero-order valence-corrected chi connectivity index (χ0v) is 12.8. The molecule has 1 N–H and O–H groups in total. The molecule has 0 unspecified atom stereocenters. The Balaban J connectivity index is 1.84. The number of pyridine rings is 1. The Morgan fingerprint density at radius 2 is 2.27 bits per heavy atom. The second kappa shape index (κ2) is 5.79. The van der Waals surface area contributed by atoms with E-state index in [1.54, 1.807) is 11.0 Å². The summed E-state index contributed by atoms with van der Waals surface area (Å²) in [6, 6.07) is 3.14. The highest BCUT2D eigenvalue weighted by Gasteiger charge is 2.26. The summed E-state index contributed by atoms with van der Waals surface area (Å²) < 4.78 is 5.28. The number of aromatic amines is 1. The number of aromatic nitrogens is 2. The fraction of sp³-hybridized carbons (Fsp3) is 0.438. The standard InChI is InChI=1S/C16H19N3O3/c1-3-4-12-7-11(8-15(20)17-12)16(21)19-6-5-13-10(2)18-22-14(13)9-19/h7-8H,3-6,9H2,1-2H3,(H,17,20). The van der Waals surface area contributed by atoms with Crippen molar-refractivity contribution in [2.75, 3.05) is 6.54 Å². The number of amides is 1. The van der Waals surface area contributed by atoms with Crippen LogP contribution in [0.3, 0.4) is 0 Å². The van der Waals surface area contributed by atoms with Crippen LogP contribution in [0.4, 0.5) is 0 Å². The summed E-state index contributed by atoms with van der Waals surface area (Å²) in [7, 11) is 0. The summed E-state index contributed by atoms with van der Waals surface area (Å²) in [6.07, 6.45) is 2.40. The Labute approximate surface area is 128 Å². The molecule has 2 aromatic rings. The smallest absolute Gasteiger partial charge is 0.254 e. The molecule has 0 atom stereocenters. The van der Waals surface area contributed by atoms with Crippen LogP contribution in [0.1, 0.15) is 46.4 Å². The largest absolute Gasteiger partial charge is 0.359 e. The molecule has 0 saturated carbocycles. The molecular weight excluding hydrogens is 282 g/mol. The van der Waals surface area contributed by atoms with Gasteiger partial charge in [0.05, 0.1) is 12.2 Å². The summed E-state index contributed by atoms with van der Waals surface area (Å²) in [5.74, 6) is 0.610. The maximum atomic E-state index is 12.6. The average molecular weight is 301 g/mol. The molecule has 3 heterocycles. The first-order chi connectivity index (χ1) is 10.6. The number of H-pyrrole nitrogens is 1. The molecule has 6 nitrogen and oxygen atoms in total. The van der Waals surface area contributed by atoms with E-state index in [0.29, 0.717) is 18.7 Å². The first kappa shape index (κ1) is 14.6. The number of rotatable bonds is 3. The van der Waals surface area contributed by atoms with E-state index in [2.05, 4.69) is 10.1 Å². The van der Waals surface area contributed by atoms with Crippen molar-refractivity contribution >= 4 is 5.91 Å². The third-order valence-electron chi connectivity index (χ3n) is 3.99. The lowest BCUT2D eigenvalue weighted by atomic mass is 10.0. The van der Waals surface area contributed by atoms with Gasteiger partial charge in [-0.15, -0.1) is 0 Å². The summed E-state index contributed by atoms with van der Waals surface area (Å²) >= 11 is 0. The average Bonchev–Trinajstić information content (AvgIpc) is 2.87. The van der Waals surface area contributed by atoms with Gasteiger partial charge in [-0.1, -0.05) is 18.5 Å². The lowest BCUT2D eigenvalue weighted by molar-refractivity contribution is 0.0715. The Morgan fingerprint density at radius 1 is 1.45 bits per heavy atom. The molecule has 0 bridgehead atoms. The van der Waals surface area contributed by atoms with Crippen LogP contribution in [0.15, 0.2) is 21.5 Å². The molecule has 0 aromatic carbocycles. The number of aryl methyl sites for hydroxylation is 2. The maximum Gasteiger partial charge on any atom is 0.254 e. The van der Waals surface area contributed by atoms with Crippen LogP contribution in [0, 0.1) is 6.92 Å². The minimum Gasteiger partial charge on any atom is -0.359 e. The van der Waals surface area contributed by atoms with Crippen molar-refractivity contribution in [1.29, 1.82) is 0 Å². The van der Waals surface area contributed by atoms with Gasteiger partial charge in [-0.05, 0) is 25.8 Å². The lowest BCUT2D eigenvalue weighted by Gasteiger charge is -2.25. The number of hydrogen-bond acceptors (Lipinski definition) is 4. The fourth-order valence-corrected chi connectivity index (χ4v) is 2.86. The minimum atomic E-state index is -0.234. The summed E-state index contributed by atoms with van der Waals surface area (Å²) in [5.41, 5.74) is 2.99. The fourth-order valence-electron chi connectivity index (χ4n) is 2.86. The highest BCUT2D eigenvalue weighted by atomic mass is 16.5. The van der Waals surface area contributed by atoms with Gasteiger partial charge in [0.25, 0.3) is 5.91 Å². The summed E-state index contributed by atoms with van der Waals surface area (Å²) in [4.78, 5) is 28.8. The van der Waals surface area contributed by atoms with E-state index in [9.17, 15) is 9.59 Å². The van der Waals surface area contributed by atoms with Crippen molar-refractivity contribution in [3.05, 3.63) is 50.8 Å². The van der Waals surface area contributed by atoms with Crippen LogP contribution in [0.25, 0.3) is 0 Å². The molecule has 2 aromatic heterocycles. The van der Waals surface area contributed by atoms with Gasteiger partial charge in [-0.3, -0.25) is 9.59 Å². The summed E-state index contributed by atoms with van der Waals surface area (Å²) in [5, 5.41) is 3.95. The number of hydrogen-bond donors (Lipinski definition) is 1. The summed E-state index contributed by atoms with van der Waals surface area (Å²) in [6.45, 7) is 4.97. The maximum absolute atomic E-state index is 12.6. The van der Waals surface area contributed by atoms with Gasteiger partial charge < -0.3 is 14.4 Å². The highest BCUT2D eigenvalue weighted by molar-refractivity contribution is 5.94. The van der Waals surface area contributed by atoms with Crippen molar-refractivity contribution in [3.8, 4) is 0 Å². The SMILES string of the molecule is CCCc1cc(C(=O)N2CCc3c(C)noc3C2)cc(=O)[nH]1. The first-order valence-corrected chi connectivity index (χ1v) is 7.55. The van der Waals surface area contributed by atoms with Crippen LogP contribution in [-0.2, 0) is 19.4 Å². The molecule has 116 valence electrons. The van der Waals surface area contributed by atoms with Crippen molar-refractivity contribution in [1.82, 2.24) is 15.0 Å². The van der Waals surface area contributed by atoms with E-state index >= 15 is 0 Å². The molecule has 0 aliphatic carbocycles. The predicted molar refractivity (Wildman–Crippen MR) is 80.7 cm³/mol. The Morgan fingerprint density at radius 3 is 3.05 bits per heavy atom. The van der Waals surface area contributed by atoms with E-state index in [-0.39, 0.29) is 11.5 Å². The van der Waals surface area contributed by atoms with Crippen LogP contribution in [-0.4, -0.2) is 27.5 Å². The van der Waals surface area contributed by atoms with E-state index in [1.807, 2.05) is 13.8 Å². The van der Waals surface area contributed by atoms with Gasteiger partial charge in [0.15, 0.2) is 5.76 Å². The quantitative estimate of drug-likeness (QED) is 0.938. The molecule has 22 heavy (non-hydrogen) atoms. The number of nitrogens with zero attached hydrogens (tertiary/aromatic N) is 2. The number of carbonyl (C=O) groups excluding carboxylic acids is 1. The zero-order chi connectivity index (χ0) is 15.7. The Bertz CT molecular complexity index is 760. The molecule has 3 rings (SSSR count). The first-order valence-electron chi connectivity index (χ1n) is 7.55. The molecule has 0 saturated heterocycles. The van der Waals surface area contributed by atoms with Crippen LogP contribution in [0.5, 0.6) is 0 Å². The van der Waals surface area contributed by atoms with Gasteiger partial charge in [0.2, 0.25) is 5.56 Å². The molecule has 1 amide bonds. The molecular formula is C16H19N3O3. The molecule has 0 radical (unpaired) electrons. The van der Waals surface area contributed by atoms with Gasteiger partial charge >= 0.3 is 0 Å². The number of fused-ring (bicyclic) bond motifs is 1. The second-order valence-electron chi connectivity index (χ2n) is 5.65. The molecule has 6 heteroatoms. The lowest BCUT2D eigenvalue weighted by Crippen LogP contribution is -2.36. The monoisotopic (exact) mass is 301 g/mol. The van der Waals surface area contributed by atoms with E-state index in [4.69, 9.17) is 4.52 Å². The van der Waals surface area contributed by atoms with E-state index in [1.165, 1.54) is 6.07 Å². The third kappa shape index (κ3) is 2.68. The van der Waals surface area contributed by atoms with Gasteiger partial charge in [0.1, 0.15) is 0 Å². The molecule has 0 spiro atoms. The molecule has 1 aliphatic rings. The van der Waals surface area contributed by atoms with Crippen LogP contribution >= 0.6 is 0 Å². The Hall–Kier alpha value is -2.37. The zero-order valence-electron chi connectivity index (χ0n) is 12.8. The van der Waals surface area contributed by atoms with Crippen molar-refractivity contribution < 1.29 is 9.32 Å². The topological polar surface area (TPSA) is 79.2 Å². The van der Waals surface area contributed by atoms with Gasteiger partial charge in [0, 0.05) is 29.4 Å². The van der Waals surface area contributed by atoms with Gasteiger partial charge in [-0.25, -0.2) is 0 Å². The van der Waals surface area contributed by atoms with Crippen molar-refractivity contribution in [2.24, 2.45) is 0 Å². The predicted octanol–water partition coefficient (Wildman–Crippen LogP) is 1.82. The third-order valence-corrected chi connectivity index (χ3v) is 3.99. The number of nitrogens with one attached hydrogen (secondary N) is 1. The van der Waals surface area contributed by atoms with Crippen molar-refractivity contribution in [2.45, 2.75) is 39.7 Å². The van der Waals surface area contributed by atoms with Crippen molar-refractivity contribution in [3.63, 3.8) is 0 Å². The van der Waals surface area contributed by atoms with E-state index in [0.717, 1.165) is 42.0 Å². The van der Waals surface area contributed by atoms with E-state index < -0.39 is 0 Å². The second-order valence-corrected chi connectivity index (χ2v) is 5.65. The molecule has 0 fully saturated rings. The normalized spacial score (nSPS) is 14.0. The minimum absolute atomic E-state index is 0.136. The van der Waals surface area contributed by atoms with Crippen LogP contribution < -0.4 is 5.56 Å². The number of carbonyl (C=O) groups is 1. The van der Waals surface area contributed by atoms with Gasteiger partial charge in [-0.2, -0.15) is 0 Å². The molecule has 1 aliphatic heterocycles. The Kier molecular flexibility index (Phi) is 3.83. The highest BCUT2D eigenvalue weighted by Crippen LogP contribution is 2.22. The van der Waals surface area contributed by atoms with Crippen LogP contribution in [0.2, 0.25) is 0 Å².